The minimum Gasteiger partial charge on any atom is -0.389 e. The summed E-state index contributed by atoms with van der Waals surface area (Å²) in [5.41, 5.74) is -0.0224. The number of nitrogens with one attached hydrogen (secondary N) is 1. The number of nitrogens with zero attached hydrogens (tertiary/aromatic N) is 1. The maximum atomic E-state index is 11.7. The molecule has 18 heavy (non-hydrogen) atoms. The summed E-state index contributed by atoms with van der Waals surface area (Å²) < 4.78 is 5.51. The summed E-state index contributed by atoms with van der Waals surface area (Å²) in [4.78, 5) is 13.6. The molecule has 1 aliphatic heterocycles. The van der Waals surface area contributed by atoms with Gasteiger partial charge in [0.25, 0.3) is 0 Å². The van der Waals surface area contributed by atoms with Crippen molar-refractivity contribution >= 4 is 5.91 Å². The Balaban J connectivity index is 2.35. The summed E-state index contributed by atoms with van der Waals surface area (Å²) in [5.74, 6) is 0.00611. The number of hydrogen-bond donors (Lipinski definition) is 2. The molecule has 0 unspecified atom stereocenters. The summed E-state index contributed by atoms with van der Waals surface area (Å²) in [6.45, 7) is 6.95. The van der Waals surface area contributed by atoms with Crippen molar-refractivity contribution < 1.29 is 14.6 Å². The molecule has 1 heterocycles. The van der Waals surface area contributed by atoms with Crippen LogP contribution in [0, 0.1) is 5.41 Å². The molecular weight excluding hydrogens is 232 g/mol. The molecule has 1 aliphatic rings. The van der Waals surface area contributed by atoms with Gasteiger partial charge in [0.2, 0.25) is 5.91 Å². The lowest BCUT2D eigenvalue weighted by atomic mass is 9.92. The van der Waals surface area contributed by atoms with Crippen LogP contribution in [-0.2, 0) is 9.53 Å². The molecule has 0 aliphatic carbocycles. The van der Waals surface area contributed by atoms with Crippen molar-refractivity contribution in [2.24, 2.45) is 5.41 Å². The Morgan fingerprint density at radius 2 is 2.06 bits per heavy atom. The number of ether oxygens (including phenoxy) is 1. The number of aliphatic hydroxyl groups is 1. The number of hydrogen-bond acceptors (Lipinski definition) is 4. The topological polar surface area (TPSA) is 61.8 Å². The van der Waals surface area contributed by atoms with E-state index < -0.39 is 6.10 Å². The lowest BCUT2D eigenvalue weighted by Gasteiger charge is -2.23. The second-order valence-corrected chi connectivity index (χ2v) is 6.43. The first-order chi connectivity index (χ1) is 8.20. The molecular formula is C13H26N2O3. The third-order valence-electron chi connectivity index (χ3n) is 3.11. The molecule has 2 N–H and O–H groups in total. The average Bonchev–Trinajstić information content (AvgIpc) is 2.54. The van der Waals surface area contributed by atoms with Gasteiger partial charge in [0.15, 0.2) is 0 Å². The van der Waals surface area contributed by atoms with Crippen LogP contribution in [0.5, 0.6) is 0 Å². The molecule has 1 saturated heterocycles. The van der Waals surface area contributed by atoms with Crippen LogP contribution < -0.4 is 5.32 Å². The fraction of sp³-hybridized carbons (Fsp3) is 0.923. The number of amides is 1. The van der Waals surface area contributed by atoms with Crippen molar-refractivity contribution in [3.8, 4) is 0 Å². The molecule has 0 radical (unpaired) electrons. The van der Waals surface area contributed by atoms with E-state index in [-0.39, 0.29) is 23.5 Å². The smallest absolute Gasteiger partial charge is 0.220 e. The molecule has 0 aromatic carbocycles. The Labute approximate surface area is 109 Å². The first-order valence-electron chi connectivity index (χ1n) is 6.43. The van der Waals surface area contributed by atoms with Gasteiger partial charge in [-0.05, 0) is 19.5 Å². The Morgan fingerprint density at radius 3 is 2.50 bits per heavy atom. The summed E-state index contributed by atoms with van der Waals surface area (Å²) in [6.07, 6.45) is -0.372. The van der Waals surface area contributed by atoms with E-state index in [0.717, 1.165) is 0 Å². The van der Waals surface area contributed by atoms with Gasteiger partial charge in [-0.15, -0.1) is 0 Å². The highest BCUT2D eigenvalue weighted by molar-refractivity contribution is 5.76. The Bertz CT molecular complexity index is 286. The van der Waals surface area contributed by atoms with Crippen molar-refractivity contribution in [3.05, 3.63) is 0 Å². The lowest BCUT2D eigenvalue weighted by molar-refractivity contribution is -0.123. The van der Waals surface area contributed by atoms with Crippen LogP contribution in [0.4, 0.5) is 0 Å². The molecule has 0 saturated carbocycles. The zero-order chi connectivity index (χ0) is 13.9. The van der Waals surface area contributed by atoms with Gasteiger partial charge in [-0.2, -0.15) is 0 Å². The zero-order valence-corrected chi connectivity index (χ0v) is 12.1. The minimum absolute atomic E-state index is 0.00611. The third kappa shape index (κ3) is 4.55. The van der Waals surface area contributed by atoms with E-state index in [0.29, 0.717) is 19.6 Å². The van der Waals surface area contributed by atoms with E-state index in [1.54, 1.807) is 0 Å². The monoisotopic (exact) mass is 258 g/mol. The van der Waals surface area contributed by atoms with Crippen molar-refractivity contribution in [3.63, 3.8) is 0 Å². The summed E-state index contributed by atoms with van der Waals surface area (Å²) >= 11 is 0. The van der Waals surface area contributed by atoms with E-state index in [4.69, 9.17) is 4.74 Å². The third-order valence-corrected chi connectivity index (χ3v) is 3.11. The molecule has 0 aromatic rings. The highest BCUT2D eigenvalue weighted by atomic mass is 16.5. The molecule has 0 bridgehead atoms. The predicted molar refractivity (Wildman–Crippen MR) is 70.3 cm³/mol. The summed E-state index contributed by atoms with van der Waals surface area (Å²) in [6, 6.07) is 0.00881. The summed E-state index contributed by atoms with van der Waals surface area (Å²) in [7, 11) is 3.83. The molecule has 1 rings (SSSR count). The number of carbonyl (C=O) groups excluding carboxylic acids is 1. The average molecular weight is 258 g/mol. The van der Waals surface area contributed by atoms with E-state index in [9.17, 15) is 9.90 Å². The van der Waals surface area contributed by atoms with Crippen LogP contribution in [-0.4, -0.2) is 61.4 Å². The first kappa shape index (κ1) is 15.4. The van der Waals surface area contributed by atoms with Crippen LogP contribution in [0.15, 0.2) is 0 Å². The van der Waals surface area contributed by atoms with Crippen LogP contribution in [0.2, 0.25) is 0 Å². The molecule has 106 valence electrons. The predicted octanol–water partition coefficient (Wildman–Crippen LogP) is 0.229. The van der Waals surface area contributed by atoms with Gasteiger partial charge in [-0.25, -0.2) is 0 Å². The zero-order valence-electron chi connectivity index (χ0n) is 12.1. The normalized spacial score (nSPS) is 28.7. The fourth-order valence-corrected chi connectivity index (χ4v) is 2.06. The SMILES string of the molecule is CN(C)[C@@H]1CO[C@H](CNC(=O)CC(C)(C)C)[C@H]1O. The summed E-state index contributed by atoms with van der Waals surface area (Å²) in [5, 5.41) is 12.9. The Hall–Kier alpha value is -0.650. The highest BCUT2D eigenvalue weighted by Gasteiger charge is 2.37. The maximum absolute atomic E-state index is 11.7. The van der Waals surface area contributed by atoms with Crippen molar-refractivity contribution in [1.29, 1.82) is 0 Å². The minimum atomic E-state index is -0.546. The number of likely N-dealkylation sites (N-methyl/N-ethyl adjacent to an activating group) is 1. The quantitative estimate of drug-likeness (QED) is 0.758. The molecule has 0 spiro atoms. The van der Waals surface area contributed by atoms with Crippen LogP contribution in [0.1, 0.15) is 27.2 Å². The standard InChI is InChI=1S/C13H26N2O3/c1-13(2,3)6-11(16)14-7-10-12(17)9(8-18-10)15(4)5/h9-10,12,17H,6-8H2,1-5H3,(H,14,16)/t9-,10-,12+/m1/s1. The highest BCUT2D eigenvalue weighted by Crippen LogP contribution is 2.19. The largest absolute Gasteiger partial charge is 0.389 e. The van der Waals surface area contributed by atoms with Gasteiger partial charge in [0.1, 0.15) is 6.10 Å². The Kier molecular flexibility index (Phi) is 5.13. The van der Waals surface area contributed by atoms with Gasteiger partial charge in [-0.3, -0.25) is 4.79 Å². The van der Waals surface area contributed by atoms with Gasteiger partial charge in [0, 0.05) is 13.0 Å². The first-order valence-corrected chi connectivity index (χ1v) is 6.43. The van der Waals surface area contributed by atoms with E-state index in [1.165, 1.54) is 0 Å². The molecule has 1 amide bonds. The van der Waals surface area contributed by atoms with E-state index >= 15 is 0 Å². The molecule has 5 nitrogen and oxygen atoms in total. The second kappa shape index (κ2) is 5.99. The number of carbonyl (C=O) groups is 1. The number of aliphatic hydroxyl groups excluding tert-OH is 1. The van der Waals surface area contributed by atoms with Crippen LogP contribution in [0.3, 0.4) is 0 Å². The molecule has 5 heteroatoms. The van der Waals surface area contributed by atoms with Gasteiger partial charge < -0.3 is 20.1 Å². The van der Waals surface area contributed by atoms with Crippen LogP contribution in [0.25, 0.3) is 0 Å². The second-order valence-electron chi connectivity index (χ2n) is 6.43. The fourth-order valence-electron chi connectivity index (χ4n) is 2.06. The van der Waals surface area contributed by atoms with Gasteiger partial charge in [-0.1, -0.05) is 20.8 Å². The van der Waals surface area contributed by atoms with Crippen molar-refractivity contribution in [1.82, 2.24) is 10.2 Å². The van der Waals surface area contributed by atoms with Crippen molar-refractivity contribution in [2.75, 3.05) is 27.2 Å². The Morgan fingerprint density at radius 1 is 1.44 bits per heavy atom. The maximum Gasteiger partial charge on any atom is 0.220 e. The molecule has 1 fully saturated rings. The van der Waals surface area contributed by atoms with Gasteiger partial charge in [0.05, 0.1) is 18.8 Å². The lowest BCUT2D eigenvalue weighted by Crippen LogP contribution is -2.44. The number of rotatable bonds is 4. The van der Waals surface area contributed by atoms with E-state index in [1.807, 2.05) is 39.8 Å². The van der Waals surface area contributed by atoms with E-state index in [2.05, 4.69) is 5.32 Å². The van der Waals surface area contributed by atoms with Gasteiger partial charge >= 0.3 is 0 Å². The molecule has 0 aromatic heterocycles. The van der Waals surface area contributed by atoms with Crippen LogP contribution >= 0.6 is 0 Å². The molecule has 3 atom stereocenters. The van der Waals surface area contributed by atoms with Crippen molar-refractivity contribution in [2.45, 2.75) is 45.4 Å².